The minimum atomic E-state index is -0.277. The Balaban J connectivity index is 1.52. The minimum Gasteiger partial charge on any atom is -0.494 e. The first-order valence-corrected chi connectivity index (χ1v) is 10.2. The summed E-state index contributed by atoms with van der Waals surface area (Å²) in [5.41, 5.74) is 1.70. The van der Waals surface area contributed by atoms with E-state index < -0.39 is 0 Å². The fourth-order valence-corrected chi connectivity index (χ4v) is 4.58. The predicted molar refractivity (Wildman–Crippen MR) is 108 cm³/mol. The van der Waals surface area contributed by atoms with Crippen molar-refractivity contribution in [2.75, 3.05) is 23.9 Å². The summed E-state index contributed by atoms with van der Waals surface area (Å²) in [5, 5.41) is 7.41. The van der Waals surface area contributed by atoms with Crippen LogP contribution in [-0.2, 0) is 4.79 Å². The molecule has 2 aromatic heterocycles. The highest BCUT2D eigenvalue weighted by Gasteiger charge is 2.24. The lowest BCUT2D eigenvalue weighted by Gasteiger charge is -2.19. The van der Waals surface area contributed by atoms with E-state index in [9.17, 15) is 9.59 Å². The summed E-state index contributed by atoms with van der Waals surface area (Å²) < 4.78 is 5.43. The maximum atomic E-state index is 12.5. The molecular weight excluding hydrogens is 382 g/mol. The largest absolute Gasteiger partial charge is 0.494 e. The van der Waals surface area contributed by atoms with Gasteiger partial charge in [0.25, 0.3) is 5.91 Å². The summed E-state index contributed by atoms with van der Waals surface area (Å²) in [6, 6.07) is 9.24. The van der Waals surface area contributed by atoms with Crippen LogP contribution < -0.4 is 15.0 Å². The highest BCUT2D eigenvalue weighted by molar-refractivity contribution is 7.20. The van der Waals surface area contributed by atoms with Crippen LogP contribution in [0.4, 0.5) is 11.4 Å². The van der Waals surface area contributed by atoms with E-state index in [1.165, 1.54) is 11.3 Å². The van der Waals surface area contributed by atoms with Crippen molar-refractivity contribution in [2.24, 2.45) is 0 Å². The molecule has 1 N–H and O–H groups in total. The average Bonchev–Trinajstić information content (AvgIpc) is 3.42. The molecule has 0 atom stereocenters. The Morgan fingerprint density at radius 3 is 2.89 bits per heavy atom. The van der Waals surface area contributed by atoms with Gasteiger partial charge in [0.2, 0.25) is 5.91 Å². The van der Waals surface area contributed by atoms with Crippen molar-refractivity contribution in [2.45, 2.75) is 12.8 Å². The van der Waals surface area contributed by atoms with Crippen LogP contribution in [0.5, 0.6) is 5.75 Å². The fraction of sp³-hybridized carbons (Fsp3) is 0.211. The van der Waals surface area contributed by atoms with E-state index in [-0.39, 0.29) is 11.8 Å². The number of benzene rings is 1. The number of carbonyl (C=O) groups excluding carboxylic acids is 2. The third-order valence-corrected chi connectivity index (χ3v) is 6.15. The van der Waals surface area contributed by atoms with Crippen LogP contribution in [0.25, 0.3) is 9.88 Å². The quantitative estimate of drug-likeness (QED) is 0.696. The number of hydrogen-bond donors (Lipinski definition) is 1. The van der Waals surface area contributed by atoms with Gasteiger partial charge in [-0.15, -0.1) is 22.7 Å². The average molecular weight is 399 g/mol. The van der Waals surface area contributed by atoms with Crippen molar-refractivity contribution >= 4 is 45.9 Å². The maximum Gasteiger partial charge on any atom is 0.275 e. The molecule has 0 radical (unpaired) electrons. The van der Waals surface area contributed by atoms with Gasteiger partial charge in [0.15, 0.2) is 0 Å². The first-order valence-electron chi connectivity index (χ1n) is 8.45. The lowest BCUT2D eigenvalue weighted by molar-refractivity contribution is -0.117. The Hall–Kier alpha value is -2.71. The van der Waals surface area contributed by atoms with E-state index in [0.717, 1.165) is 22.0 Å². The first kappa shape index (κ1) is 17.7. The van der Waals surface area contributed by atoms with Crippen LogP contribution in [0, 0.1) is 0 Å². The molecule has 3 heterocycles. The van der Waals surface area contributed by atoms with E-state index in [1.807, 2.05) is 17.5 Å². The van der Waals surface area contributed by atoms with Crippen LogP contribution in [0.3, 0.4) is 0 Å². The Morgan fingerprint density at radius 1 is 1.30 bits per heavy atom. The minimum absolute atomic E-state index is 0.0914. The normalized spacial score (nSPS) is 13.8. The molecule has 3 aromatic rings. The molecule has 1 saturated heterocycles. The Kier molecular flexibility index (Phi) is 4.91. The highest BCUT2D eigenvalue weighted by Crippen LogP contribution is 2.34. The second kappa shape index (κ2) is 7.50. The molecule has 0 spiro atoms. The summed E-state index contributed by atoms with van der Waals surface area (Å²) in [5.74, 6) is 0.371. The molecule has 6 nitrogen and oxygen atoms in total. The molecule has 0 aliphatic carbocycles. The number of nitrogens with one attached hydrogen (secondary N) is 1. The van der Waals surface area contributed by atoms with Gasteiger partial charge in [-0.3, -0.25) is 9.59 Å². The van der Waals surface area contributed by atoms with Gasteiger partial charge in [0, 0.05) is 30.1 Å². The molecule has 1 fully saturated rings. The van der Waals surface area contributed by atoms with Gasteiger partial charge < -0.3 is 15.0 Å². The Labute approximate surface area is 164 Å². The second-order valence-electron chi connectivity index (χ2n) is 6.00. The predicted octanol–water partition coefficient (Wildman–Crippen LogP) is 4.26. The topological polar surface area (TPSA) is 71.5 Å². The van der Waals surface area contributed by atoms with Crippen molar-refractivity contribution in [1.29, 1.82) is 0 Å². The molecule has 0 saturated carbocycles. The zero-order chi connectivity index (χ0) is 18.8. The highest BCUT2D eigenvalue weighted by atomic mass is 32.1. The SMILES string of the molecule is COc1cc(NC(=O)c2csc(-c3cccs3)n2)ccc1N1CCCC1=O. The van der Waals surface area contributed by atoms with Crippen LogP contribution in [0.1, 0.15) is 23.3 Å². The number of amides is 2. The molecule has 1 aliphatic rings. The van der Waals surface area contributed by atoms with E-state index in [2.05, 4.69) is 10.3 Å². The van der Waals surface area contributed by atoms with Crippen molar-refractivity contribution in [3.8, 4) is 15.6 Å². The molecule has 27 heavy (non-hydrogen) atoms. The smallest absolute Gasteiger partial charge is 0.275 e. The summed E-state index contributed by atoms with van der Waals surface area (Å²) in [7, 11) is 1.55. The number of ether oxygens (including phenoxy) is 1. The van der Waals surface area contributed by atoms with Crippen LogP contribution >= 0.6 is 22.7 Å². The van der Waals surface area contributed by atoms with Gasteiger partial charge in [-0.1, -0.05) is 6.07 Å². The van der Waals surface area contributed by atoms with Crippen molar-refractivity contribution in [1.82, 2.24) is 4.98 Å². The van der Waals surface area contributed by atoms with Crippen molar-refractivity contribution in [3.05, 3.63) is 46.8 Å². The summed E-state index contributed by atoms with van der Waals surface area (Å²) in [6.07, 6.45) is 1.40. The monoisotopic (exact) mass is 399 g/mol. The third-order valence-electron chi connectivity index (χ3n) is 4.27. The zero-order valence-electron chi connectivity index (χ0n) is 14.6. The first-order chi connectivity index (χ1) is 13.2. The molecule has 0 unspecified atom stereocenters. The summed E-state index contributed by atoms with van der Waals surface area (Å²) >= 11 is 3.03. The lowest BCUT2D eigenvalue weighted by Crippen LogP contribution is -2.24. The van der Waals surface area contributed by atoms with E-state index in [0.29, 0.717) is 30.1 Å². The number of methoxy groups -OCH3 is 1. The number of hydrogen-bond acceptors (Lipinski definition) is 6. The number of anilines is 2. The summed E-state index contributed by atoms with van der Waals surface area (Å²) in [4.78, 5) is 31.7. The molecule has 0 bridgehead atoms. The van der Waals surface area contributed by atoms with Gasteiger partial charge in [-0.05, 0) is 30.0 Å². The number of nitrogens with zero attached hydrogens (tertiary/aromatic N) is 2. The molecule has 1 aromatic carbocycles. The molecule has 138 valence electrons. The molecule has 2 amide bonds. The van der Waals surface area contributed by atoms with Crippen LogP contribution in [0.2, 0.25) is 0 Å². The molecule has 1 aliphatic heterocycles. The van der Waals surface area contributed by atoms with E-state index >= 15 is 0 Å². The standard InChI is InChI=1S/C19H17N3O3S2/c1-25-15-10-12(6-7-14(15)22-8-2-5-17(22)23)20-18(24)13-11-27-19(21-13)16-4-3-9-26-16/h3-4,6-7,9-11H,2,5,8H2,1H3,(H,20,24). The number of rotatable bonds is 5. The Bertz CT molecular complexity index is 982. The van der Waals surface area contributed by atoms with Crippen molar-refractivity contribution in [3.63, 3.8) is 0 Å². The van der Waals surface area contributed by atoms with Gasteiger partial charge in [0.1, 0.15) is 16.5 Å². The molecule has 8 heteroatoms. The fourth-order valence-electron chi connectivity index (χ4n) is 2.97. The molecular formula is C19H17N3O3S2. The zero-order valence-corrected chi connectivity index (χ0v) is 16.2. The maximum absolute atomic E-state index is 12.5. The van der Waals surface area contributed by atoms with E-state index in [1.54, 1.807) is 46.9 Å². The van der Waals surface area contributed by atoms with Crippen LogP contribution in [0.15, 0.2) is 41.1 Å². The van der Waals surface area contributed by atoms with Gasteiger partial charge in [-0.2, -0.15) is 0 Å². The molecule has 4 rings (SSSR count). The summed E-state index contributed by atoms with van der Waals surface area (Å²) in [6.45, 7) is 0.686. The van der Waals surface area contributed by atoms with Gasteiger partial charge >= 0.3 is 0 Å². The Morgan fingerprint density at radius 2 is 2.19 bits per heavy atom. The number of thiazole rings is 1. The second-order valence-corrected chi connectivity index (χ2v) is 7.81. The van der Waals surface area contributed by atoms with Crippen molar-refractivity contribution < 1.29 is 14.3 Å². The number of thiophene rings is 1. The third kappa shape index (κ3) is 3.58. The van der Waals surface area contributed by atoms with E-state index in [4.69, 9.17) is 4.74 Å². The lowest BCUT2D eigenvalue weighted by atomic mass is 10.2. The number of aromatic nitrogens is 1. The number of carbonyl (C=O) groups is 2. The van der Waals surface area contributed by atoms with Crippen LogP contribution in [-0.4, -0.2) is 30.5 Å². The van der Waals surface area contributed by atoms with Gasteiger partial charge in [0.05, 0.1) is 17.7 Å². The van der Waals surface area contributed by atoms with Gasteiger partial charge in [-0.25, -0.2) is 4.98 Å².